The van der Waals surface area contributed by atoms with Crippen molar-refractivity contribution in [2.45, 2.75) is 29.7 Å². The molecule has 0 bridgehead atoms. The SMILES string of the molecule is CSc1ccc([C@@H]2C3=C(C[C@@H](c4ccco4)CC3=O)Nc3ncnn32)cc1. The second-order valence-electron chi connectivity index (χ2n) is 6.76. The minimum Gasteiger partial charge on any atom is -0.469 e. The number of aromatic nitrogens is 3. The molecular formula is C20H18N4O2S. The van der Waals surface area contributed by atoms with Crippen LogP contribution in [0.25, 0.3) is 0 Å². The van der Waals surface area contributed by atoms with Crippen molar-refractivity contribution in [3.8, 4) is 0 Å². The van der Waals surface area contributed by atoms with Crippen LogP contribution in [-0.2, 0) is 4.79 Å². The van der Waals surface area contributed by atoms with E-state index in [1.807, 2.05) is 12.1 Å². The highest BCUT2D eigenvalue weighted by molar-refractivity contribution is 7.98. The third-order valence-corrected chi connectivity index (χ3v) is 5.98. The summed E-state index contributed by atoms with van der Waals surface area (Å²) in [5.41, 5.74) is 2.75. The molecule has 2 atom stereocenters. The van der Waals surface area contributed by atoms with E-state index in [-0.39, 0.29) is 17.7 Å². The maximum absolute atomic E-state index is 13.2. The van der Waals surface area contributed by atoms with Crippen molar-refractivity contribution < 1.29 is 9.21 Å². The van der Waals surface area contributed by atoms with Gasteiger partial charge in [0.2, 0.25) is 5.95 Å². The largest absolute Gasteiger partial charge is 0.469 e. The number of hydrogen-bond donors (Lipinski definition) is 1. The molecule has 2 aromatic heterocycles. The molecule has 27 heavy (non-hydrogen) atoms. The lowest BCUT2D eigenvalue weighted by molar-refractivity contribution is -0.117. The molecule has 0 radical (unpaired) electrons. The minimum absolute atomic E-state index is 0.0488. The summed E-state index contributed by atoms with van der Waals surface area (Å²) in [6.07, 6.45) is 6.40. The molecule has 0 amide bonds. The number of allylic oxidation sites excluding steroid dienone is 2. The lowest BCUT2D eigenvalue weighted by atomic mass is 9.79. The predicted octanol–water partition coefficient (Wildman–Crippen LogP) is 4.01. The molecule has 6 nitrogen and oxygen atoms in total. The Kier molecular flexibility index (Phi) is 3.89. The Labute approximate surface area is 160 Å². The number of Topliss-reactive ketones (excluding diaryl/α,β-unsaturated/α-hetero) is 1. The van der Waals surface area contributed by atoms with Crippen LogP contribution in [0.4, 0.5) is 5.95 Å². The van der Waals surface area contributed by atoms with Gasteiger partial charge >= 0.3 is 0 Å². The number of carbonyl (C=O) groups is 1. The number of fused-ring (bicyclic) bond motifs is 1. The van der Waals surface area contributed by atoms with E-state index in [1.165, 1.54) is 11.2 Å². The summed E-state index contributed by atoms with van der Waals surface area (Å²) >= 11 is 1.70. The lowest BCUT2D eigenvalue weighted by Gasteiger charge is -2.34. The van der Waals surface area contributed by atoms with Gasteiger partial charge in [0.05, 0.1) is 6.26 Å². The summed E-state index contributed by atoms with van der Waals surface area (Å²) < 4.78 is 7.36. The summed E-state index contributed by atoms with van der Waals surface area (Å²) in [4.78, 5) is 18.7. The van der Waals surface area contributed by atoms with Gasteiger partial charge in [-0.15, -0.1) is 11.8 Å². The van der Waals surface area contributed by atoms with E-state index in [0.717, 1.165) is 29.0 Å². The van der Waals surface area contributed by atoms with Crippen molar-refractivity contribution in [3.05, 3.63) is 71.6 Å². The summed E-state index contributed by atoms with van der Waals surface area (Å²) in [5.74, 6) is 1.70. The minimum atomic E-state index is -0.250. The molecule has 1 aliphatic heterocycles. The van der Waals surface area contributed by atoms with Crippen molar-refractivity contribution in [2.75, 3.05) is 11.6 Å². The third-order valence-electron chi connectivity index (χ3n) is 5.24. The van der Waals surface area contributed by atoms with Gasteiger partial charge in [-0.2, -0.15) is 10.1 Å². The molecule has 7 heteroatoms. The summed E-state index contributed by atoms with van der Waals surface area (Å²) in [5, 5.41) is 7.71. The summed E-state index contributed by atoms with van der Waals surface area (Å²) in [6, 6.07) is 11.9. The Morgan fingerprint density at radius 3 is 2.81 bits per heavy atom. The first-order valence-corrected chi connectivity index (χ1v) is 10.1. The second-order valence-corrected chi connectivity index (χ2v) is 7.64. The van der Waals surface area contributed by atoms with Gasteiger partial charge < -0.3 is 9.73 Å². The molecule has 3 heterocycles. The Bertz CT molecular complexity index is 1020. The molecule has 0 spiro atoms. The van der Waals surface area contributed by atoms with E-state index in [0.29, 0.717) is 12.4 Å². The van der Waals surface area contributed by atoms with Gasteiger partial charge in [0.25, 0.3) is 0 Å². The zero-order chi connectivity index (χ0) is 18.4. The van der Waals surface area contributed by atoms with Gasteiger partial charge in [-0.1, -0.05) is 12.1 Å². The topological polar surface area (TPSA) is 73.0 Å². The van der Waals surface area contributed by atoms with Crippen molar-refractivity contribution in [2.24, 2.45) is 0 Å². The monoisotopic (exact) mass is 378 g/mol. The van der Waals surface area contributed by atoms with Crippen LogP contribution < -0.4 is 5.32 Å². The van der Waals surface area contributed by atoms with E-state index >= 15 is 0 Å². The number of rotatable bonds is 3. The Balaban J connectivity index is 1.60. The number of nitrogens with zero attached hydrogens (tertiary/aromatic N) is 3. The predicted molar refractivity (Wildman–Crippen MR) is 103 cm³/mol. The van der Waals surface area contributed by atoms with Crippen molar-refractivity contribution in [1.82, 2.24) is 14.8 Å². The molecule has 1 N–H and O–H groups in total. The van der Waals surface area contributed by atoms with E-state index < -0.39 is 0 Å². The maximum Gasteiger partial charge on any atom is 0.226 e. The van der Waals surface area contributed by atoms with E-state index in [4.69, 9.17) is 4.42 Å². The van der Waals surface area contributed by atoms with E-state index in [1.54, 1.807) is 22.7 Å². The first-order chi connectivity index (χ1) is 13.2. The highest BCUT2D eigenvalue weighted by Crippen LogP contribution is 2.43. The number of furan rings is 1. The molecule has 2 aliphatic rings. The standard InChI is InChI=1S/C20H18N4O2S/c1-27-14-6-4-12(5-7-14)19-18-15(23-20-21-11-22-24(19)20)9-13(10-16(18)25)17-3-2-8-26-17/h2-8,11,13,19H,9-10H2,1H3,(H,21,22,23)/t13-,19-/m1/s1. The van der Waals surface area contributed by atoms with Gasteiger partial charge in [0, 0.05) is 28.5 Å². The molecular weight excluding hydrogens is 360 g/mol. The highest BCUT2D eigenvalue weighted by Gasteiger charge is 2.39. The number of ketones is 1. The van der Waals surface area contributed by atoms with Gasteiger partial charge in [-0.05, 0) is 42.5 Å². The Morgan fingerprint density at radius 1 is 1.22 bits per heavy atom. The van der Waals surface area contributed by atoms with Crippen LogP contribution in [0.5, 0.6) is 0 Å². The van der Waals surface area contributed by atoms with Crippen LogP contribution in [-0.4, -0.2) is 26.8 Å². The van der Waals surface area contributed by atoms with E-state index in [9.17, 15) is 4.79 Å². The molecule has 1 aliphatic carbocycles. The second kappa shape index (κ2) is 6.42. The Morgan fingerprint density at radius 2 is 2.07 bits per heavy atom. The number of thioether (sulfide) groups is 1. The number of hydrogen-bond acceptors (Lipinski definition) is 6. The van der Waals surface area contributed by atoms with Crippen molar-refractivity contribution in [1.29, 1.82) is 0 Å². The molecule has 1 aromatic carbocycles. The fourth-order valence-electron chi connectivity index (χ4n) is 3.97. The highest BCUT2D eigenvalue weighted by atomic mass is 32.2. The number of anilines is 1. The molecule has 5 rings (SSSR count). The van der Waals surface area contributed by atoms with Crippen LogP contribution >= 0.6 is 11.8 Å². The summed E-state index contributed by atoms with van der Waals surface area (Å²) in [6.45, 7) is 0. The quantitative estimate of drug-likeness (QED) is 0.694. The van der Waals surface area contributed by atoms with Gasteiger partial charge in [0.1, 0.15) is 18.1 Å². The van der Waals surface area contributed by atoms with Crippen LogP contribution in [0, 0.1) is 0 Å². The van der Waals surface area contributed by atoms with Crippen LogP contribution in [0.15, 0.2) is 69.6 Å². The van der Waals surface area contributed by atoms with Crippen LogP contribution in [0.1, 0.15) is 36.1 Å². The normalized spacial score (nSPS) is 21.6. The number of benzene rings is 1. The number of nitrogens with one attached hydrogen (secondary N) is 1. The van der Waals surface area contributed by atoms with Crippen molar-refractivity contribution in [3.63, 3.8) is 0 Å². The van der Waals surface area contributed by atoms with Crippen molar-refractivity contribution >= 4 is 23.5 Å². The van der Waals surface area contributed by atoms with Crippen LogP contribution in [0.3, 0.4) is 0 Å². The lowest BCUT2D eigenvalue weighted by Crippen LogP contribution is -2.33. The zero-order valence-corrected chi connectivity index (χ0v) is 15.6. The first kappa shape index (κ1) is 16.4. The molecule has 3 aromatic rings. The Hall–Kier alpha value is -2.80. The van der Waals surface area contributed by atoms with Crippen LogP contribution in [0.2, 0.25) is 0 Å². The molecule has 0 saturated heterocycles. The fourth-order valence-corrected chi connectivity index (χ4v) is 4.38. The molecule has 136 valence electrons. The first-order valence-electron chi connectivity index (χ1n) is 8.84. The van der Waals surface area contributed by atoms with Gasteiger partial charge in [-0.3, -0.25) is 4.79 Å². The number of carbonyl (C=O) groups excluding carboxylic acids is 1. The maximum atomic E-state index is 13.2. The fraction of sp³-hybridized carbons (Fsp3) is 0.250. The smallest absolute Gasteiger partial charge is 0.226 e. The summed E-state index contributed by atoms with van der Waals surface area (Å²) in [7, 11) is 0. The van der Waals surface area contributed by atoms with Gasteiger partial charge in [-0.25, -0.2) is 4.68 Å². The average Bonchev–Trinajstić information content (AvgIpc) is 3.38. The van der Waals surface area contributed by atoms with E-state index in [2.05, 4.69) is 45.9 Å². The molecule has 0 fully saturated rings. The zero-order valence-electron chi connectivity index (χ0n) is 14.8. The average molecular weight is 378 g/mol. The molecule has 0 saturated carbocycles. The molecule has 0 unspecified atom stereocenters. The third kappa shape index (κ3) is 2.70. The van der Waals surface area contributed by atoms with Gasteiger partial charge in [0.15, 0.2) is 5.78 Å².